The molecule has 1 aromatic carbocycles. The van der Waals surface area contributed by atoms with E-state index in [0.29, 0.717) is 17.4 Å². The Hall–Kier alpha value is -1.29. The summed E-state index contributed by atoms with van der Waals surface area (Å²) in [6.07, 6.45) is 1.03. The zero-order chi connectivity index (χ0) is 13.0. The zero-order valence-corrected chi connectivity index (χ0v) is 11.1. The highest BCUT2D eigenvalue weighted by Crippen LogP contribution is 2.26. The van der Waals surface area contributed by atoms with Crippen LogP contribution in [0.15, 0.2) is 18.2 Å². The molecule has 1 atom stereocenters. The molecule has 1 unspecified atom stereocenters. The first kappa shape index (κ1) is 13.1. The van der Waals surface area contributed by atoms with Crippen molar-refractivity contribution in [2.45, 2.75) is 13.3 Å². The molecule has 0 saturated carbocycles. The van der Waals surface area contributed by atoms with E-state index < -0.39 is 0 Å². The van der Waals surface area contributed by atoms with Gasteiger partial charge in [-0.05, 0) is 37.6 Å². The molecule has 0 amide bonds. The second-order valence-corrected chi connectivity index (χ2v) is 4.93. The third-order valence-corrected chi connectivity index (χ3v) is 3.30. The van der Waals surface area contributed by atoms with Crippen LogP contribution in [0.25, 0.3) is 0 Å². The van der Waals surface area contributed by atoms with Crippen LogP contribution in [0.1, 0.15) is 13.3 Å². The van der Waals surface area contributed by atoms with E-state index in [9.17, 15) is 4.39 Å². The lowest BCUT2D eigenvalue weighted by Gasteiger charge is -2.31. The van der Waals surface area contributed by atoms with Crippen molar-refractivity contribution in [3.63, 3.8) is 0 Å². The van der Waals surface area contributed by atoms with Gasteiger partial charge in [0, 0.05) is 19.2 Å². The smallest absolute Gasteiger partial charge is 0.146 e. The Morgan fingerprint density at radius 1 is 1.44 bits per heavy atom. The minimum absolute atomic E-state index is 0.170. The normalized spacial score (nSPS) is 21.3. The first-order chi connectivity index (χ1) is 8.70. The maximum atomic E-state index is 13.9. The summed E-state index contributed by atoms with van der Waals surface area (Å²) in [5.74, 6) is 1.05. The molecule has 1 heterocycles. The molecule has 1 N–H and O–H groups in total. The average molecular weight is 252 g/mol. The van der Waals surface area contributed by atoms with E-state index in [2.05, 4.69) is 17.1 Å². The first-order valence-electron chi connectivity index (χ1n) is 6.50. The number of rotatable bonds is 2. The number of halogens is 1. The van der Waals surface area contributed by atoms with E-state index in [0.717, 1.165) is 32.6 Å². The van der Waals surface area contributed by atoms with Gasteiger partial charge in [0.1, 0.15) is 11.6 Å². The van der Waals surface area contributed by atoms with Crippen LogP contribution in [0, 0.1) is 11.7 Å². The summed E-state index contributed by atoms with van der Waals surface area (Å²) in [6.45, 7) is 5.91. The molecule has 0 bridgehead atoms. The standard InChI is InChI=1S/C14H21FN2O/c1-11-9-16-6-3-7-17(10-11)14-8-12(18-2)4-5-13(14)15/h4-5,8,11,16H,3,6-7,9-10H2,1-2H3. The minimum Gasteiger partial charge on any atom is -0.497 e. The van der Waals surface area contributed by atoms with Gasteiger partial charge >= 0.3 is 0 Å². The average Bonchev–Trinajstić information content (AvgIpc) is 2.34. The number of hydrogen-bond acceptors (Lipinski definition) is 3. The summed E-state index contributed by atoms with van der Waals surface area (Å²) in [7, 11) is 1.61. The summed E-state index contributed by atoms with van der Waals surface area (Å²) in [6, 6.07) is 4.93. The Labute approximate surface area is 108 Å². The van der Waals surface area contributed by atoms with Gasteiger partial charge in [-0.15, -0.1) is 0 Å². The van der Waals surface area contributed by atoms with Crippen molar-refractivity contribution in [1.29, 1.82) is 0 Å². The molecule has 0 radical (unpaired) electrons. The van der Waals surface area contributed by atoms with Gasteiger partial charge in [-0.2, -0.15) is 0 Å². The van der Waals surface area contributed by atoms with E-state index in [4.69, 9.17) is 4.74 Å². The number of nitrogens with zero attached hydrogens (tertiary/aromatic N) is 1. The number of benzene rings is 1. The predicted octanol–water partition coefficient (Wildman–Crippen LogP) is 2.27. The number of nitrogens with one attached hydrogen (secondary N) is 1. The van der Waals surface area contributed by atoms with E-state index in [1.54, 1.807) is 19.2 Å². The van der Waals surface area contributed by atoms with Crippen LogP contribution < -0.4 is 15.0 Å². The van der Waals surface area contributed by atoms with Crippen LogP contribution in [-0.2, 0) is 0 Å². The van der Waals surface area contributed by atoms with Gasteiger partial charge in [-0.25, -0.2) is 4.39 Å². The highest BCUT2D eigenvalue weighted by molar-refractivity contribution is 5.52. The molecular formula is C14H21FN2O. The van der Waals surface area contributed by atoms with Crippen molar-refractivity contribution >= 4 is 5.69 Å². The first-order valence-corrected chi connectivity index (χ1v) is 6.50. The molecule has 1 saturated heterocycles. The van der Waals surface area contributed by atoms with Crippen LogP contribution in [0.2, 0.25) is 0 Å². The van der Waals surface area contributed by atoms with E-state index in [1.165, 1.54) is 6.07 Å². The zero-order valence-electron chi connectivity index (χ0n) is 11.1. The quantitative estimate of drug-likeness (QED) is 0.874. The van der Waals surface area contributed by atoms with Crippen LogP contribution in [-0.4, -0.2) is 33.3 Å². The lowest BCUT2D eigenvalue weighted by atomic mass is 10.1. The molecule has 3 nitrogen and oxygen atoms in total. The highest BCUT2D eigenvalue weighted by Gasteiger charge is 2.17. The third kappa shape index (κ3) is 3.13. The topological polar surface area (TPSA) is 24.5 Å². The lowest BCUT2D eigenvalue weighted by molar-refractivity contribution is 0.412. The molecule has 100 valence electrons. The second kappa shape index (κ2) is 6.05. The maximum absolute atomic E-state index is 13.9. The number of methoxy groups -OCH3 is 1. The molecule has 0 spiro atoms. The Bertz CT molecular complexity index is 397. The van der Waals surface area contributed by atoms with Crippen molar-refractivity contribution in [2.75, 3.05) is 38.2 Å². The summed E-state index contributed by atoms with van der Waals surface area (Å²) >= 11 is 0. The van der Waals surface area contributed by atoms with Gasteiger partial charge in [-0.1, -0.05) is 6.92 Å². The summed E-state index contributed by atoms with van der Waals surface area (Å²) in [5, 5.41) is 3.40. The van der Waals surface area contributed by atoms with Gasteiger partial charge in [-0.3, -0.25) is 0 Å². The van der Waals surface area contributed by atoms with Crippen LogP contribution in [0.4, 0.5) is 10.1 Å². The SMILES string of the molecule is COc1ccc(F)c(N2CCCNCC(C)C2)c1. The largest absolute Gasteiger partial charge is 0.497 e. The molecule has 18 heavy (non-hydrogen) atoms. The maximum Gasteiger partial charge on any atom is 0.146 e. The Balaban J connectivity index is 2.21. The molecular weight excluding hydrogens is 231 g/mol. The van der Waals surface area contributed by atoms with Crippen LogP contribution >= 0.6 is 0 Å². The molecule has 1 aliphatic heterocycles. The fraction of sp³-hybridized carbons (Fsp3) is 0.571. The molecule has 1 aliphatic rings. The molecule has 1 fully saturated rings. The monoisotopic (exact) mass is 252 g/mol. The Kier molecular flexibility index (Phi) is 4.42. The van der Waals surface area contributed by atoms with Gasteiger partial charge < -0.3 is 15.0 Å². The van der Waals surface area contributed by atoms with E-state index in [-0.39, 0.29) is 5.82 Å². The van der Waals surface area contributed by atoms with Crippen molar-refractivity contribution in [2.24, 2.45) is 5.92 Å². The third-order valence-electron chi connectivity index (χ3n) is 3.30. The van der Waals surface area contributed by atoms with Crippen LogP contribution in [0.3, 0.4) is 0 Å². The summed E-state index contributed by atoms with van der Waals surface area (Å²) in [4.78, 5) is 2.13. The molecule has 4 heteroatoms. The summed E-state index contributed by atoms with van der Waals surface area (Å²) < 4.78 is 19.1. The molecule has 0 aromatic heterocycles. The highest BCUT2D eigenvalue weighted by atomic mass is 19.1. The fourth-order valence-corrected chi connectivity index (χ4v) is 2.36. The Morgan fingerprint density at radius 2 is 2.28 bits per heavy atom. The van der Waals surface area contributed by atoms with Crippen molar-refractivity contribution in [1.82, 2.24) is 5.32 Å². The van der Waals surface area contributed by atoms with Crippen molar-refractivity contribution < 1.29 is 9.13 Å². The summed E-state index contributed by atoms with van der Waals surface area (Å²) in [5.41, 5.74) is 0.656. The van der Waals surface area contributed by atoms with Gasteiger partial charge in [0.15, 0.2) is 0 Å². The molecule has 1 aromatic rings. The van der Waals surface area contributed by atoms with E-state index >= 15 is 0 Å². The second-order valence-electron chi connectivity index (χ2n) is 4.93. The molecule has 2 rings (SSSR count). The number of ether oxygens (including phenoxy) is 1. The molecule has 0 aliphatic carbocycles. The van der Waals surface area contributed by atoms with Gasteiger partial charge in [0.05, 0.1) is 12.8 Å². The number of hydrogen-bond donors (Lipinski definition) is 1. The Morgan fingerprint density at radius 3 is 3.06 bits per heavy atom. The van der Waals surface area contributed by atoms with Gasteiger partial charge in [0.25, 0.3) is 0 Å². The minimum atomic E-state index is -0.170. The van der Waals surface area contributed by atoms with Crippen molar-refractivity contribution in [3.8, 4) is 5.75 Å². The predicted molar refractivity (Wildman–Crippen MR) is 71.8 cm³/mol. The lowest BCUT2D eigenvalue weighted by Crippen LogP contribution is -2.39. The van der Waals surface area contributed by atoms with Gasteiger partial charge in [0.2, 0.25) is 0 Å². The number of anilines is 1. The van der Waals surface area contributed by atoms with Crippen molar-refractivity contribution in [3.05, 3.63) is 24.0 Å². The van der Waals surface area contributed by atoms with Crippen LogP contribution in [0.5, 0.6) is 5.75 Å². The fourth-order valence-electron chi connectivity index (χ4n) is 2.36. The van der Waals surface area contributed by atoms with E-state index in [1.807, 2.05) is 0 Å².